The fourth-order valence-corrected chi connectivity index (χ4v) is 1.78. The third-order valence-corrected chi connectivity index (χ3v) is 2.46. The highest BCUT2D eigenvalue weighted by atomic mass is 19.1. The van der Waals surface area contributed by atoms with Crippen LogP contribution in [0.3, 0.4) is 0 Å². The highest BCUT2D eigenvalue weighted by molar-refractivity contribution is 4.84. The third kappa shape index (κ3) is 2.54. The van der Waals surface area contributed by atoms with Gasteiger partial charge in [-0.3, -0.25) is 0 Å². The topological polar surface area (TPSA) is 0 Å². The minimum Gasteiger partial charge on any atom is -0.247 e. The molecule has 0 aromatic rings. The molecular formula is C10H15F. The van der Waals surface area contributed by atoms with Crippen LogP contribution in [0, 0.1) is 18.3 Å². The summed E-state index contributed by atoms with van der Waals surface area (Å²) in [4.78, 5) is 0. The van der Waals surface area contributed by atoms with Gasteiger partial charge in [0.15, 0.2) is 0 Å². The summed E-state index contributed by atoms with van der Waals surface area (Å²) in [5.74, 6) is 2.91. The van der Waals surface area contributed by atoms with Gasteiger partial charge in [-0.05, 0) is 31.6 Å². The lowest BCUT2D eigenvalue weighted by molar-refractivity contribution is 0.250. The van der Waals surface area contributed by atoms with Crippen LogP contribution >= 0.6 is 0 Å². The van der Waals surface area contributed by atoms with Gasteiger partial charge in [-0.15, -0.1) is 12.3 Å². The Hall–Kier alpha value is -0.510. The summed E-state index contributed by atoms with van der Waals surface area (Å²) in [5.41, 5.74) is 0. The van der Waals surface area contributed by atoms with E-state index in [9.17, 15) is 4.39 Å². The summed E-state index contributed by atoms with van der Waals surface area (Å²) < 4.78 is 13.0. The summed E-state index contributed by atoms with van der Waals surface area (Å²) in [7, 11) is 0. The lowest BCUT2D eigenvalue weighted by atomic mass is 10.00. The molecule has 0 heterocycles. The maximum Gasteiger partial charge on any atom is 0.103 e. The first kappa shape index (κ1) is 8.59. The Morgan fingerprint density at radius 2 is 2.27 bits per heavy atom. The van der Waals surface area contributed by atoms with Gasteiger partial charge < -0.3 is 0 Å². The van der Waals surface area contributed by atoms with Gasteiger partial charge in [-0.2, -0.15) is 0 Å². The fraction of sp³-hybridized carbons (Fsp3) is 0.800. The van der Waals surface area contributed by atoms with Crippen LogP contribution in [0.25, 0.3) is 0 Å². The molecule has 11 heavy (non-hydrogen) atoms. The van der Waals surface area contributed by atoms with Crippen LogP contribution in [-0.4, -0.2) is 6.17 Å². The summed E-state index contributed by atoms with van der Waals surface area (Å²) in [6.07, 6.45) is 10.3. The Morgan fingerprint density at radius 1 is 1.45 bits per heavy atom. The molecule has 1 aliphatic carbocycles. The fourth-order valence-electron chi connectivity index (χ4n) is 1.78. The minimum absolute atomic E-state index is 0.323. The number of terminal acetylenes is 1. The molecule has 1 fully saturated rings. The van der Waals surface area contributed by atoms with E-state index in [2.05, 4.69) is 5.92 Å². The van der Waals surface area contributed by atoms with Crippen molar-refractivity contribution < 1.29 is 4.39 Å². The molecule has 62 valence electrons. The summed E-state index contributed by atoms with van der Waals surface area (Å²) in [5, 5.41) is 0. The van der Waals surface area contributed by atoms with Gasteiger partial charge in [0.05, 0.1) is 0 Å². The maximum absolute atomic E-state index is 13.0. The largest absolute Gasteiger partial charge is 0.247 e. The van der Waals surface area contributed by atoms with E-state index in [1.165, 1.54) is 0 Å². The molecule has 1 saturated carbocycles. The maximum atomic E-state index is 13.0. The van der Waals surface area contributed by atoms with Crippen LogP contribution in [0.2, 0.25) is 0 Å². The number of hydrogen-bond donors (Lipinski definition) is 0. The van der Waals surface area contributed by atoms with Crippen molar-refractivity contribution in [2.75, 3.05) is 0 Å². The van der Waals surface area contributed by atoms with Crippen molar-refractivity contribution in [3.63, 3.8) is 0 Å². The van der Waals surface area contributed by atoms with Crippen molar-refractivity contribution in [1.29, 1.82) is 0 Å². The zero-order chi connectivity index (χ0) is 8.10. The molecule has 0 spiro atoms. The molecule has 0 aliphatic heterocycles. The SMILES string of the molecule is C#CCCCC1CCCC1F. The van der Waals surface area contributed by atoms with Crippen molar-refractivity contribution >= 4 is 0 Å². The molecular weight excluding hydrogens is 139 g/mol. The molecule has 1 heteroatoms. The van der Waals surface area contributed by atoms with Crippen LogP contribution in [0.1, 0.15) is 38.5 Å². The van der Waals surface area contributed by atoms with Crippen LogP contribution in [0.15, 0.2) is 0 Å². The van der Waals surface area contributed by atoms with E-state index >= 15 is 0 Å². The van der Waals surface area contributed by atoms with E-state index in [1.807, 2.05) is 0 Å². The number of unbranched alkanes of at least 4 members (excludes halogenated alkanes) is 1. The lowest BCUT2D eigenvalue weighted by Crippen LogP contribution is -2.07. The number of alkyl halides is 1. The van der Waals surface area contributed by atoms with Crippen LogP contribution in [0.4, 0.5) is 4.39 Å². The summed E-state index contributed by atoms with van der Waals surface area (Å²) in [6, 6.07) is 0. The van der Waals surface area contributed by atoms with E-state index < -0.39 is 6.17 Å². The zero-order valence-electron chi connectivity index (χ0n) is 6.85. The Labute approximate surface area is 68.2 Å². The van der Waals surface area contributed by atoms with E-state index in [0.29, 0.717) is 5.92 Å². The van der Waals surface area contributed by atoms with Crippen LogP contribution in [-0.2, 0) is 0 Å². The van der Waals surface area contributed by atoms with Gasteiger partial charge in [0, 0.05) is 6.42 Å². The van der Waals surface area contributed by atoms with E-state index in [4.69, 9.17) is 6.42 Å². The highest BCUT2D eigenvalue weighted by Gasteiger charge is 2.25. The average molecular weight is 154 g/mol. The Morgan fingerprint density at radius 3 is 2.82 bits per heavy atom. The molecule has 0 saturated heterocycles. The van der Waals surface area contributed by atoms with Gasteiger partial charge in [-0.25, -0.2) is 4.39 Å². The quantitative estimate of drug-likeness (QED) is 0.433. The molecule has 0 radical (unpaired) electrons. The van der Waals surface area contributed by atoms with Gasteiger partial charge in [0.25, 0.3) is 0 Å². The van der Waals surface area contributed by atoms with Crippen molar-refractivity contribution in [3.8, 4) is 12.3 Å². The normalized spacial score (nSPS) is 30.2. The first-order valence-corrected chi connectivity index (χ1v) is 4.42. The first-order valence-electron chi connectivity index (χ1n) is 4.42. The molecule has 0 N–H and O–H groups in total. The van der Waals surface area contributed by atoms with Gasteiger partial charge in [0.1, 0.15) is 6.17 Å². The van der Waals surface area contributed by atoms with Crippen LogP contribution < -0.4 is 0 Å². The second-order valence-electron chi connectivity index (χ2n) is 3.30. The van der Waals surface area contributed by atoms with E-state index in [-0.39, 0.29) is 0 Å². The Kier molecular flexibility index (Phi) is 3.42. The van der Waals surface area contributed by atoms with E-state index in [0.717, 1.165) is 38.5 Å². The first-order chi connectivity index (χ1) is 5.34. The van der Waals surface area contributed by atoms with Crippen molar-refractivity contribution in [2.24, 2.45) is 5.92 Å². The summed E-state index contributed by atoms with van der Waals surface area (Å²) in [6.45, 7) is 0. The standard InChI is InChI=1S/C10H15F/c1-2-3-4-6-9-7-5-8-10(9)11/h1,9-10H,3-8H2. The number of rotatable bonds is 3. The molecule has 1 aliphatic rings. The Bertz CT molecular complexity index is 145. The minimum atomic E-state index is -0.534. The molecule has 0 nitrogen and oxygen atoms in total. The molecule has 0 bridgehead atoms. The van der Waals surface area contributed by atoms with Crippen molar-refractivity contribution in [2.45, 2.75) is 44.7 Å². The predicted molar refractivity (Wildman–Crippen MR) is 44.9 cm³/mol. The van der Waals surface area contributed by atoms with Gasteiger partial charge in [0.2, 0.25) is 0 Å². The summed E-state index contributed by atoms with van der Waals surface area (Å²) >= 11 is 0. The zero-order valence-corrected chi connectivity index (χ0v) is 6.85. The van der Waals surface area contributed by atoms with Crippen LogP contribution in [0.5, 0.6) is 0 Å². The number of hydrogen-bond acceptors (Lipinski definition) is 0. The molecule has 0 aromatic heterocycles. The molecule has 2 unspecified atom stereocenters. The molecule has 1 rings (SSSR count). The predicted octanol–water partition coefficient (Wildman–Crippen LogP) is 2.93. The lowest BCUT2D eigenvalue weighted by Gasteiger charge is -2.10. The third-order valence-electron chi connectivity index (χ3n) is 2.46. The average Bonchev–Trinajstić information content (AvgIpc) is 2.37. The van der Waals surface area contributed by atoms with Crippen molar-refractivity contribution in [3.05, 3.63) is 0 Å². The second kappa shape index (κ2) is 4.38. The highest BCUT2D eigenvalue weighted by Crippen LogP contribution is 2.31. The Balaban J connectivity index is 2.11. The molecule has 0 aromatic carbocycles. The molecule has 2 atom stereocenters. The van der Waals surface area contributed by atoms with E-state index in [1.54, 1.807) is 0 Å². The second-order valence-corrected chi connectivity index (χ2v) is 3.30. The van der Waals surface area contributed by atoms with Gasteiger partial charge >= 0.3 is 0 Å². The number of halogens is 1. The van der Waals surface area contributed by atoms with Crippen molar-refractivity contribution in [1.82, 2.24) is 0 Å². The monoisotopic (exact) mass is 154 g/mol. The smallest absolute Gasteiger partial charge is 0.103 e. The molecule has 0 amide bonds. The van der Waals surface area contributed by atoms with Gasteiger partial charge in [-0.1, -0.05) is 6.42 Å².